The Balaban J connectivity index is 2.80. The predicted octanol–water partition coefficient (Wildman–Crippen LogP) is 0.739. The summed E-state index contributed by atoms with van der Waals surface area (Å²) in [5.41, 5.74) is -0.678. The highest BCUT2D eigenvalue weighted by molar-refractivity contribution is 4.80. The third-order valence-electron chi connectivity index (χ3n) is 1.06. The van der Waals surface area contributed by atoms with Gasteiger partial charge in [0.25, 0.3) is 5.56 Å². The van der Waals surface area contributed by atoms with E-state index in [0.29, 0.717) is 4.68 Å². The Hall–Kier alpha value is -1.20. The molecular weight excluding hydrogens is 161 g/mol. The zero-order valence-electron chi connectivity index (χ0n) is 5.35. The third kappa shape index (κ3) is 2.14. The molecule has 0 aliphatic heterocycles. The van der Waals surface area contributed by atoms with Crippen LogP contribution in [0.5, 0.6) is 0 Å². The van der Waals surface area contributed by atoms with E-state index in [4.69, 9.17) is 0 Å². The van der Waals surface area contributed by atoms with Crippen LogP contribution in [0.4, 0.5) is 13.2 Å². The predicted molar refractivity (Wildman–Crippen MR) is 31.1 cm³/mol. The van der Waals surface area contributed by atoms with Gasteiger partial charge in [0.05, 0.1) is 0 Å². The van der Waals surface area contributed by atoms with E-state index in [0.717, 1.165) is 12.3 Å². The summed E-state index contributed by atoms with van der Waals surface area (Å²) >= 11 is 0. The second kappa shape index (κ2) is 2.44. The number of halogens is 3. The first-order chi connectivity index (χ1) is 4.99. The van der Waals surface area contributed by atoms with E-state index in [1.54, 1.807) is 0 Å². The second-order valence-corrected chi connectivity index (χ2v) is 2.00. The highest BCUT2D eigenvalue weighted by atomic mass is 19.4. The average Bonchev–Trinajstić information content (AvgIpc) is 2.12. The van der Waals surface area contributed by atoms with E-state index in [9.17, 15) is 18.0 Å². The molecule has 1 rings (SSSR count). The first-order valence-corrected chi connectivity index (χ1v) is 2.80. The summed E-state index contributed by atoms with van der Waals surface area (Å²) in [5.74, 6) is 0. The minimum absolute atomic E-state index is 0.486. The van der Waals surface area contributed by atoms with Crippen LogP contribution in [-0.4, -0.2) is 16.0 Å². The molecule has 11 heavy (non-hydrogen) atoms. The normalized spacial score (nSPS) is 11.9. The molecule has 1 aromatic rings. The van der Waals surface area contributed by atoms with E-state index in [-0.39, 0.29) is 0 Å². The number of hydrogen-bond donors (Lipinski definition) is 1. The summed E-state index contributed by atoms with van der Waals surface area (Å²) < 4.78 is 35.3. The van der Waals surface area contributed by atoms with Gasteiger partial charge in [0, 0.05) is 12.3 Å². The molecule has 1 N–H and O–H groups in total. The molecule has 6 heteroatoms. The van der Waals surface area contributed by atoms with Crippen LogP contribution in [0.15, 0.2) is 17.1 Å². The maximum absolute atomic E-state index is 11.6. The zero-order chi connectivity index (χ0) is 8.48. The van der Waals surface area contributed by atoms with Crippen LogP contribution < -0.4 is 5.56 Å². The third-order valence-corrected chi connectivity index (χ3v) is 1.06. The van der Waals surface area contributed by atoms with Gasteiger partial charge in [0.15, 0.2) is 0 Å². The summed E-state index contributed by atoms with van der Waals surface area (Å²) in [7, 11) is 0. The molecule has 0 aromatic carbocycles. The van der Waals surface area contributed by atoms with E-state index >= 15 is 0 Å². The number of alkyl halides is 3. The van der Waals surface area contributed by atoms with Gasteiger partial charge in [-0.1, -0.05) is 0 Å². The maximum Gasteiger partial charge on any atom is 0.408 e. The highest BCUT2D eigenvalue weighted by Crippen LogP contribution is 2.15. The molecular formula is C5H5F3N2O. The smallest absolute Gasteiger partial charge is 0.303 e. The molecule has 1 heterocycles. The minimum Gasteiger partial charge on any atom is -0.303 e. The first-order valence-electron chi connectivity index (χ1n) is 2.80. The average molecular weight is 166 g/mol. The van der Waals surface area contributed by atoms with Crippen molar-refractivity contribution in [3.05, 3.63) is 22.6 Å². The number of aromatic amines is 1. The van der Waals surface area contributed by atoms with Crippen molar-refractivity contribution in [1.29, 1.82) is 0 Å². The van der Waals surface area contributed by atoms with Crippen molar-refractivity contribution in [2.24, 2.45) is 0 Å². The van der Waals surface area contributed by atoms with Crippen LogP contribution in [-0.2, 0) is 6.54 Å². The number of nitrogens with one attached hydrogen (secondary N) is 1. The summed E-state index contributed by atoms with van der Waals surface area (Å²) in [6.07, 6.45) is -3.19. The topological polar surface area (TPSA) is 37.8 Å². The van der Waals surface area contributed by atoms with Gasteiger partial charge in [-0.2, -0.15) is 13.2 Å². The van der Waals surface area contributed by atoms with Gasteiger partial charge in [0.2, 0.25) is 0 Å². The number of H-pyrrole nitrogens is 1. The van der Waals surface area contributed by atoms with Crippen molar-refractivity contribution >= 4 is 0 Å². The molecule has 0 saturated carbocycles. The molecule has 0 spiro atoms. The molecule has 0 atom stereocenters. The Labute approximate surface area is 59.4 Å². The number of aromatic nitrogens is 2. The molecule has 0 aliphatic rings. The molecule has 0 fully saturated rings. The molecule has 62 valence electrons. The SMILES string of the molecule is O=c1cc[nH]n1CC(F)(F)F. The molecule has 3 nitrogen and oxygen atoms in total. The lowest BCUT2D eigenvalue weighted by Crippen LogP contribution is -2.26. The Kier molecular flexibility index (Phi) is 1.76. The fraction of sp³-hybridized carbons (Fsp3) is 0.400. The van der Waals surface area contributed by atoms with Crippen molar-refractivity contribution < 1.29 is 13.2 Å². The summed E-state index contributed by atoms with van der Waals surface area (Å²) in [6, 6.07) is 1.03. The van der Waals surface area contributed by atoms with Gasteiger partial charge in [-0.3, -0.25) is 4.79 Å². The number of hydrogen-bond acceptors (Lipinski definition) is 1. The van der Waals surface area contributed by atoms with Crippen LogP contribution in [0, 0.1) is 0 Å². The zero-order valence-corrected chi connectivity index (χ0v) is 5.35. The molecule has 0 amide bonds. The van der Waals surface area contributed by atoms with Gasteiger partial charge in [-0.25, -0.2) is 4.68 Å². The number of nitrogens with zero attached hydrogens (tertiary/aromatic N) is 1. The van der Waals surface area contributed by atoms with Gasteiger partial charge in [0.1, 0.15) is 6.54 Å². The van der Waals surface area contributed by atoms with E-state index in [1.807, 2.05) is 0 Å². The summed E-state index contributed by atoms with van der Waals surface area (Å²) in [6.45, 7) is -1.27. The number of rotatable bonds is 1. The molecule has 0 aliphatic carbocycles. The summed E-state index contributed by atoms with van der Waals surface area (Å²) in [5, 5.41) is 2.15. The van der Waals surface area contributed by atoms with Crippen molar-refractivity contribution in [2.75, 3.05) is 0 Å². The van der Waals surface area contributed by atoms with Crippen LogP contribution >= 0.6 is 0 Å². The van der Waals surface area contributed by atoms with Crippen LogP contribution in [0.3, 0.4) is 0 Å². The Bertz CT molecular complexity index is 284. The van der Waals surface area contributed by atoms with Crippen LogP contribution in [0.2, 0.25) is 0 Å². The lowest BCUT2D eigenvalue weighted by atomic mass is 10.6. The van der Waals surface area contributed by atoms with E-state index < -0.39 is 18.3 Å². The fourth-order valence-electron chi connectivity index (χ4n) is 0.655. The first kappa shape index (κ1) is 7.90. The summed E-state index contributed by atoms with van der Waals surface area (Å²) in [4.78, 5) is 10.5. The Morgan fingerprint density at radius 3 is 2.55 bits per heavy atom. The van der Waals surface area contributed by atoms with Gasteiger partial charge in [-0.05, 0) is 0 Å². The largest absolute Gasteiger partial charge is 0.408 e. The lowest BCUT2D eigenvalue weighted by molar-refractivity contribution is -0.143. The molecule has 0 bridgehead atoms. The van der Waals surface area contributed by atoms with Crippen molar-refractivity contribution in [3.8, 4) is 0 Å². The van der Waals surface area contributed by atoms with Crippen LogP contribution in [0.1, 0.15) is 0 Å². The molecule has 1 aromatic heterocycles. The van der Waals surface area contributed by atoms with Crippen molar-refractivity contribution in [3.63, 3.8) is 0 Å². The van der Waals surface area contributed by atoms with Crippen LogP contribution in [0.25, 0.3) is 0 Å². The molecule has 0 saturated heterocycles. The van der Waals surface area contributed by atoms with E-state index in [2.05, 4.69) is 5.10 Å². The highest BCUT2D eigenvalue weighted by Gasteiger charge is 2.28. The van der Waals surface area contributed by atoms with Crippen molar-refractivity contribution in [1.82, 2.24) is 9.78 Å². The second-order valence-electron chi connectivity index (χ2n) is 2.00. The minimum atomic E-state index is -4.35. The monoisotopic (exact) mass is 166 g/mol. The van der Waals surface area contributed by atoms with Gasteiger partial charge < -0.3 is 5.10 Å². The molecule has 0 radical (unpaired) electrons. The lowest BCUT2D eigenvalue weighted by Gasteiger charge is -2.04. The van der Waals surface area contributed by atoms with Crippen molar-refractivity contribution in [2.45, 2.75) is 12.7 Å². The molecule has 0 unspecified atom stereocenters. The Morgan fingerprint density at radius 2 is 2.18 bits per heavy atom. The standard InChI is InChI=1S/C5H5F3N2O/c6-5(7,8)3-10-4(11)1-2-9-10/h1-2,9H,3H2. The quantitative estimate of drug-likeness (QED) is 0.656. The van der Waals surface area contributed by atoms with Gasteiger partial charge >= 0.3 is 6.18 Å². The van der Waals surface area contributed by atoms with Gasteiger partial charge in [-0.15, -0.1) is 0 Å². The van der Waals surface area contributed by atoms with E-state index in [1.165, 1.54) is 0 Å². The fourth-order valence-corrected chi connectivity index (χ4v) is 0.655. The maximum atomic E-state index is 11.6. The Morgan fingerprint density at radius 1 is 1.55 bits per heavy atom.